The van der Waals surface area contributed by atoms with E-state index in [1.165, 1.54) is 21.6 Å². The number of hydrogen-bond acceptors (Lipinski definition) is 4. The van der Waals surface area contributed by atoms with Crippen LogP contribution in [0.15, 0.2) is 0 Å². The van der Waals surface area contributed by atoms with Gasteiger partial charge >= 0.3 is 0 Å². The van der Waals surface area contributed by atoms with E-state index in [0.29, 0.717) is 24.7 Å². The van der Waals surface area contributed by atoms with E-state index in [4.69, 9.17) is 0 Å². The van der Waals surface area contributed by atoms with Gasteiger partial charge in [-0.1, -0.05) is 0 Å². The second-order valence-electron chi connectivity index (χ2n) is 3.73. The molecule has 3 amide bonds. The maximum Gasteiger partial charge on any atom is 0.242 e. The maximum absolute atomic E-state index is 11.8. The molecule has 0 bridgehead atoms. The first-order chi connectivity index (χ1) is 7.66. The van der Waals surface area contributed by atoms with Gasteiger partial charge in [-0.3, -0.25) is 14.4 Å². The summed E-state index contributed by atoms with van der Waals surface area (Å²) in [6, 6.07) is 0. The number of amides is 3. The lowest BCUT2D eigenvalue weighted by molar-refractivity contribution is -0.141. The lowest BCUT2D eigenvalue weighted by Gasteiger charge is -2.28. The van der Waals surface area contributed by atoms with Gasteiger partial charge in [0.25, 0.3) is 0 Å². The summed E-state index contributed by atoms with van der Waals surface area (Å²) in [5.74, 6) is 0.741. The van der Waals surface area contributed by atoms with Crippen LogP contribution in [0, 0.1) is 0 Å². The van der Waals surface area contributed by atoms with Crippen LogP contribution >= 0.6 is 11.8 Å². The third-order valence-electron chi connectivity index (χ3n) is 2.54. The summed E-state index contributed by atoms with van der Waals surface area (Å²) in [6.07, 6.45) is 0. The van der Waals surface area contributed by atoms with Gasteiger partial charge in [0.15, 0.2) is 0 Å². The van der Waals surface area contributed by atoms with E-state index in [0.717, 1.165) is 0 Å². The first kappa shape index (κ1) is 11.3. The fraction of sp³-hybridized carbons (Fsp3) is 0.667. The van der Waals surface area contributed by atoms with Crippen LogP contribution in [0.3, 0.4) is 0 Å². The van der Waals surface area contributed by atoms with Crippen LogP contribution < -0.4 is 5.32 Å². The van der Waals surface area contributed by atoms with Crippen molar-refractivity contribution < 1.29 is 14.4 Å². The van der Waals surface area contributed by atoms with Crippen LogP contribution in [-0.2, 0) is 14.4 Å². The van der Waals surface area contributed by atoms with Crippen LogP contribution in [0.5, 0.6) is 0 Å². The van der Waals surface area contributed by atoms with Crippen molar-refractivity contribution in [1.82, 2.24) is 15.1 Å². The molecule has 2 saturated heterocycles. The highest BCUT2D eigenvalue weighted by molar-refractivity contribution is 8.00. The molecule has 0 atom stereocenters. The highest BCUT2D eigenvalue weighted by Crippen LogP contribution is 2.14. The molecule has 6 nitrogen and oxygen atoms in total. The van der Waals surface area contributed by atoms with Gasteiger partial charge in [-0.2, -0.15) is 0 Å². The van der Waals surface area contributed by atoms with E-state index in [9.17, 15) is 14.4 Å². The minimum absolute atomic E-state index is 0.000175. The number of hydrogen-bond donors (Lipinski definition) is 1. The normalized spacial score (nSPS) is 21.2. The zero-order valence-corrected chi connectivity index (χ0v) is 9.59. The number of thioether (sulfide) groups is 1. The predicted octanol–water partition coefficient (Wildman–Crippen LogP) is -1.52. The van der Waals surface area contributed by atoms with E-state index < -0.39 is 0 Å². The molecule has 16 heavy (non-hydrogen) atoms. The minimum atomic E-state index is -0.147. The van der Waals surface area contributed by atoms with Crippen LogP contribution in [0.25, 0.3) is 0 Å². The highest BCUT2D eigenvalue weighted by Gasteiger charge is 2.27. The fourth-order valence-electron chi connectivity index (χ4n) is 1.65. The molecule has 2 rings (SSSR count). The summed E-state index contributed by atoms with van der Waals surface area (Å²) in [4.78, 5) is 37.2. The van der Waals surface area contributed by atoms with Gasteiger partial charge in [0.1, 0.15) is 6.54 Å². The van der Waals surface area contributed by atoms with E-state index >= 15 is 0 Å². The molecular formula is C9H13N3O3S. The first-order valence-electron chi connectivity index (χ1n) is 5.07. The molecule has 88 valence electrons. The van der Waals surface area contributed by atoms with Gasteiger partial charge < -0.3 is 15.1 Å². The number of nitrogens with one attached hydrogen (secondary N) is 1. The maximum atomic E-state index is 11.8. The van der Waals surface area contributed by atoms with E-state index in [1.54, 1.807) is 0 Å². The summed E-state index contributed by atoms with van der Waals surface area (Å²) in [6.45, 7) is 1.22. The molecule has 0 aromatic carbocycles. The van der Waals surface area contributed by atoms with Crippen molar-refractivity contribution in [3.8, 4) is 0 Å². The van der Waals surface area contributed by atoms with Gasteiger partial charge in [0.05, 0.1) is 18.2 Å². The Morgan fingerprint density at radius 1 is 1.44 bits per heavy atom. The van der Waals surface area contributed by atoms with Crippen molar-refractivity contribution in [2.75, 3.05) is 37.8 Å². The number of carbonyl (C=O) groups excluding carboxylic acids is 3. The average Bonchev–Trinajstić information content (AvgIpc) is 2.64. The Morgan fingerprint density at radius 2 is 2.25 bits per heavy atom. The Labute approximate surface area is 97.3 Å². The molecular weight excluding hydrogens is 230 g/mol. The molecule has 0 radical (unpaired) electrons. The van der Waals surface area contributed by atoms with Crippen molar-refractivity contribution in [3.05, 3.63) is 0 Å². The fourth-order valence-corrected chi connectivity index (χ4v) is 2.56. The summed E-state index contributed by atoms with van der Waals surface area (Å²) in [5, 5.41) is 2.65. The SMILES string of the molecule is O=C1CN(C(=O)CN2CSCC2=O)CCN1. The zero-order chi connectivity index (χ0) is 11.5. The second-order valence-corrected chi connectivity index (χ2v) is 4.69. The largest absolute Gasteiger partial charge is 0.353 e. The molecule has 7 heteroatoms. The van der Waals surface area contributed by atoms with Gasteiger partial charge in [-0.15, -0.1) is 11.8 Å². The summed E-state index contributed by atoms with van der Waals surface area (Å²) in [5.41, 5.74) is 0. The van der Waals surface area contributed by atoms with E-state index in [1.807, 2.05) is 0 Å². The van der Waals surface area contributed by atoms with Crippen molar-refractivity contribution in [2.24, 2.45) is 0 Å². The Hall–Kier alpha value is -1.24. The molecule has 2 heterocycles. The standard InChI is InChI=1S/C9H13N3O3S/c13-7-3-11(2-1-10-7)8(14)4-12-6-16-5-9(12)15/h1-6H2,(H,10,13). The molecule has 0 aliphatic carbocycles. The second kappa shape index (κ2) is 4.73. The zero-order valence-electron chi connectivity index (χ0n) is 8.77. The molecule has 2 fully saturated rings. The van der Waals surface area contributed by atoms with Gasteiger partial charge in [0.2, 0.25) is 17.7 Å². The van der Waals surface area contributed by atoms with Crippen molar-refractivity contribution in [2.45, 2.75) is 0 Å². The van der Waals surface area contributed by atoms with E-state index in [2.05, 4.69) is 5.32 Å². The number of nitrogens with zero attached hydrogens (tertiary/aromatic N) is 2. The quantitative estimate of drug-likeness (QED) is 0.639. The minimum Gasteiger partial charge on any atom is -0.353 e. The Balaban J connectivity index is 1.87. The number of carbonyl (C=O) groups is 3. The van der Waals surface area contributed by atoms with Gasteiger partial charge in [-0.05, 0) is 0 Å². The summed E-state index contributed by atoms with van der Waals surface area (Å²) < 4.78 is 0. The lowest BCUT2D eigenvalue weighted by Crippen LogP contribution is -2.52. The molecule has 0 unspecified atom stereocenters. The van der Waals surface area contributed by atoms with Crippen LogP contribution in [0.4, 0.5) is 0 Å². The monoisotopic (exact) mass is 243 g/mol. The molecule has 2 aliphatic rings. The first-order valence-corrected chi connectivity index (χ1v) is 6.22. The summed E-state index contributed by atoms with van der Waals surface area (Å²) >= 11 is 1.51. The van der Waals surface area contributed by atoms with E-state index in [-0.39, 0.29) is 30.8 Å². The third kappa shape index (κ3) is 2.46. The van der Waals surface area contributed by atoms with Crippen LogP contribution in [0.1, 0.15) is 0 Å². The third-order valence-corrected chi connectivity index (χ3v) is 3.49. The Kier molecular flexibility index (Phi) is 3.33. The number of piperazine rings is 1. The molecule has 0 aromatic heterocycles. The van der Waals surface area contributed by atoms with Crippen molar-refractivity contribution in [1.29, 1.82) is 0 Å². The lowest BCUT2D eigenvalue weighted by atomic mass is 10.3. The smallest absolute Gasteiger partial charge is 0.242 e. The Bertz CT molecular complexity index is 334. The molecule has 0 aromatic rings. The number of rotatable bonds is 2. The molecule has 0 saturated carbocycles. The molecule has 2 aliphatic heterocycles. The van der Waals surface area contributed by atoms with Crippen molar-refractivity contribution >= 4 is 29.5 Å². The molecule has 1 N–H and O–H groups in total. The molecule has 0 spiro atoms. The average molecular weight is 243 g/mol. The van der Waals surface area contributed by atoms with Gasteiger partial charge in [0, 0.05) is 13.1 Å². The Morgan fingerprint density at radius 3 is 2.88 bits per heavy atom. The van der Waals surface area contributed by atoms with Crippen molar-refractivity contribution in [3.63, 3.8) is 0 Å². The highest BCUT2D eigenvalue weighted by atomic mass is 32.2. The summed E-state index contributed by atoms with van der Waals surface area (Å²) in [7, 11) is 0. The van der Waals surface area contributed by atoms with Gasteiger partial charge in [-0.25, -0.2) is 0 Å². The predicted molar refractivity (Wildman–Crippen MR) is 58.6 cm³/mol. The van der Waals surface area contributed by atoms with Crippen LogP contribution in [-0.4, -0.2) is 65.3 Å². The topological polar surface area (TPSA) is 69.7 Å². The van der Waals surface area contributed by atoms with Crippen LogP contribution in [0.2, 0.25) is 0 Å².